The summed E-state index contributed by atoms with van der Waals surface area (Å²) in [5.74, 6) is -1.09. The molecule has 0 spiro atoms. The summed E-state index contributed by atoms with van der Waals surface area (Å²) < 4.78 is 0.854. The van der Waals surface area contributed by atoms with Gasteiger partial charge in [0.15, 0.2) is 0 Å². The lowest BCUT2D eigenvalue weighted by Crippen LogP contribution is -2.36. The molecule has 0 aliphatic rings. The molecule has 0 bridgehead atoms. The zero-order valence-corrected chi connectivity index (χ0v) is 13.7. The number of aliphatic carboxylic acids is 1. The van der Waals surface area contributed by atoms with Gasteiger partial charge in [0.05, 0.1) is 6.54 Å². The molecule has 1 aromatic rings. The highest BCUT2D eigenvalue weighted by Crippen LogP contribution is 2.26. The number of anilines is 1. The van der Waals surface area contributed by atoms with Gasteiger partial charge in [0.1, 0.15) is 0 Å². The molecule has 114 valence electrons. The highest BCUT2D eigenvalue weighted by atomic mass is 79.9. The molecule has 0 atom stereocenters. The van der Waals surface area contributed by atoms with Gasteiger partial charge in [0.25, 0.3) is 0 Å². The zero-order chi connectivity index (χ0) is 15.8. The summed E-state index contributed by atoms with van der Waals surface area (Å²) in [5, 5.41) is 11.4. The van der Waals surface area contributed by atoms with E-state index < -0.39 is 5.97 Å². The summed E-state index contributed by atoms with van der Waals surface area (Å²) in [6, 6.07) is 5.59. The van der Waals surface area contributed by atoms with Crippen LogP contribution in [0.5, 0.6) is 0 Å². The van der Waals surface area contributed by atoms with Gasteiger partial charge in [-0.15, -0.1) is 0 Å². The Morgan fingerprint density at radius 3 is 2.71 bits per heavy atom. The molecule has 0 radical (unpaired) electrons. The number of benzene rings is 1. The third-order valence-corrected chi connectivity index (χ3v) is 3.34. The number of carbonyl (C=O) groups excluding carboxylic acids is 1. The van der Waals surface area contributed by atoms with Crippen LogP contribution in [0.1, 0.15) is 18.9 Å². The number of halogens is 1. The van der Waals surface area contributed by atoms with Gasteiger partial charge >= 0.3 is 5.97 Å². The zero-order valence-electron chi connectivity index (χ0n) is 12.1. The normalized spacial score (nSPS) is 10.6. The maximum absolute atomic E-state index is 11.6. The Kier molecular flexibility index (Phi) is 6.94. The van der Waals surface area contributed by atoms with Crippen molar-refractivity contribution in [1.29, 1.82) is 0 Å². The Hall–Kier alpha value is -1.82. The van der Waals surface area contributed by atoms with E-state index in [9.17, 15) is 9.59 Å². The molecule has 0 saturated carbocycles. The quantitative estimate of drug-likeness (QED) is 0.738. The number of hydrogen-bond donors (Lipinski definition) is 2. The molecule has 0 heterocycles. The minimum Gasteiger partial charge on any atom is -0.478 e. The smallest absolute Gasteiger partial charge is 0.328 e. The Labute approximate surface area is 132 Å². The van der Waals surface area contributed by atoms with Gasteiger partial charge in [0.2, 0.25) is 5.91 Å². The molecule has 0 saturated heterocycles. The fourth-order valence-corrected chi connectivity index (χ4v) is 2.29. The van der Waals surface area contributed by atoms with E-state index in [0.717, 1.165) is 28.2 Å². The molecule has 6 heteroatoms. The van der Waals surface area contributed by atoms with Gasteiger partial charge in [-0.25, -0.2) is 4.79 Å². The van der Waals surface area contributed by atoms with Crippen molar-refractivity contribution >= 4 is 39.6 Å². The average molecular weight is 355 g/mol. The van der Waals surface area contributed by atoms with E-state index >= 15 is 0 Å². The molecule has 1 rings (SSSR count). The van der Waals surface area contributed by atoms with Crippen molar-refractivity contribution in [2.24, 2.45) is 0 Å². The topological polar surface area (TPSA) is 69.6 Å². The van der Waals surface area contributed by atoms with E-state index in [2.05, 4.69) is 21.2 Å². The van der Waals surface area contributed by atoms with E-state index in [1.54, 1.807) is 7.05 Å². The lowest BCUT2D eigenvalue weighted by molar-refractivity contribution is -0.131. The molecular formula is C15H19BrN2O3. The summed E-state index contributed by atoms with van der Waals surface area (Å²) >= 11 is 3.38. The summed E-state index contributed by atoms with van der Waals surface area (Å²) in [5.41, 5.74) is 1.59. The molecule has 2 N–H and O–H groups in total. The van der Waals surface area contributed by atoms with Gasteiger partial charge < -0.3 is 15.3 Å². The molecule has 21 heavy (non-hydrogen) atoms. The van der Waals surface area contributed by atoms with Crippen LogP contribution in [-0.4, -0.2) is 37.1 Å². The predicted octanol–water partition coefficient (Wildman–Crippen LogP) is 2.51. The van der Waals surface area contributed by atoms with Crippen LogP contribution in [0.25, 0.3) is 6.08 Å². The van der Waals surface area contributed by atoms with E-state index in [1.165, 1.54) is 6.08 Å². The summed E-state index contributed by atoms with van der Waals surface area (Å²) in [4.78, 5) is 24.3. The average Bonchev–Trinajstić information content (AvgIpc) is 2.44. The summed E-state index contributed by atoms with van der Waals surface area (Å²) in [6.45, 7) is 2.98. The second-order valence-corrected chi connectivity index (χ2v) is 5.39. The summed E-state index contributed by atoms with van der Waals surface area (Å²) in [7, 11) is 1.60. The molecule has 5 nitrogen and oxygen atoms in total. The van der Waals surface area contributed by atoms with Crippen LogP contribution in [0.3, 0.4) is 0 Å². The third-order valence-electron chi connectivity index (χ3n) is 2.84. The van der Waals surface area contributed by atoms with E-state index in [4.69, 9.17) is 5.11 Å². The molecular weight excluding hydrogens is 336 g/mol. The Morgan fingerprint density at radius 2 is 2.14 bits per heavy atom. The SMILES string of the molecule is CCCN(CC(=O)NC)c1ccc(Br)cc1/C=C/C(=O)O. The first-order chi connectivity index (χ1) is 9.97. The number of carbonyl (C=O) groups is 2. The van der Waals surface area contributed by atoms with Crippen LogP contribution in [0.15, 0.2) is 28.7 Å². The van der Waals surface area contributed by atoms with Crippen molar-refractivity contribution in [1.82, 2.24) is 5.32 Å². The molecule has 0 aliphatic carbocycles. The maximum Gasteiger partial charge on any atom is 0.328 e. The van der Waals surface area contributed by atoms with Crippen LogP contribution >= 0.6 is 15.9 Å². The second-order valence-electron chi connectivity index (χ2n) is 4.47. The number of rotatable bonds is 7. The number of nitrogens with one attached hydrogen (secondary N) is 1. The minimum absolute atomic E-state index is 0.0838. The van der Waals surface area contributed by atoms with Crippen molar-refractivity contribution in [2.45, 2.75) is 13.3 Å². The molecule has 0 aromatic heterocycles. The predicted molar refractivity (Wildman–Crippen MR) is 87.4 cm³/mol. The first kappa shape index (κ1) is 17.2. The number of amides is 1. The van der Waals surface area contributed by atoms with Crippen molar-refractivity contribution in [2.75, 3.05) is 25.0 Å². The molecule has 0 unspecified atom stereocenters. The monoisotopic (exact) mass is 354 g/mol. The minimum atomic E-state index is -1.01. The first-order valence-corrected chi connectivity index (χ1v) is 7.43. The lowest BCUT2D eigenvalue weighted by Gasteiger charge is -2.25. The van der Waals surface area contributed by atoms with Crippen LogP contribution in [0, 0.1) is 0 Å². The van der Waals surface area contributed by atoms with Gasteiger partial charge in [-0.2, -0.15) is 0 Å². The maximum atomic E-state index is 11.6. The Balaban J connectivity index is 3.16. The van der Waals surface area contributed by atoms with Gasteiger partial charge in [-0.05, 0) is 36.3 Å². The van der Waals surface area contributed by atoms with Crippen LogP contribution < -0.4 is 10.2 Å². The van der Waals surface area contributed by atoms with Crippen LogP contribution in [0.4, 0.5) is 5.69 Å². The highest BCUT2D eigenvalue weighted by Gasteiger charge is 2.13. The fourth-order valence-electron chi connectivity index (χ4n) is 1.91. The van der Waals surface area contributed by atoms with Crippen molar-refractivity contribution in [3.05, 3.63) is 34.3 Å². The van der Waals surface area contributed by atoms with Gasteiger partial charge in [-0.1, -0.05) is 22.9 Å². The largest absolute Gasteiger partial charge is 0.478 e. The van der Waals surface area contributed by atoms with E-state index in [-0.39, 0.29) is 12.5 Å². The Bertz CT molecular complexity index is 544. The van der Waals surface area contributed by atoms with Gasteiger partial charge in [0, 0.05) is 29.8 Å². The lowest BCUT2D eigenvalue weighted by atomic mass is 10.1. The summed E-state index contributed by atoms with van der Waals surface area (Å²) in [6.07, 6.45) is 3.51. The standard InChI is InChI=1S/C15H19BrN2O3/c1-3-8-18(10-14(19)17-2)13-6-5-12(16)9-11(13)4-7-15(20)21/h4-7,9H,3,8,10H2,1-2H3,(H,17,19)(H,20,21)/b7-4+. The molecule has 0 aliphatic heterocycles. The molecule has 0 fully saturated rings. The number of nitrogens with zero attached hydrogens (tertiary/aromatic N) is 1. The Morgan fingerprint density at radius 1 is 1.43 bits per heavy atom. The van der Waals surface area contributed by atoms with Crippen LogP contribution in [-0.2, 0) is 9.59 Å². The third kappa shape index (κ3) is 5.59. The number of carboxylic acid groups (broad SMARTS) is 1. The molecule has 1 aromatic carbocycles. The number of likely N-dealkylation sites (N-methyl/N-ethyl adjacent to an activating group) is 1. The molecule has 1 amide bonds. The van der Waals surface area contributed by atoms with Crippen molar-refractivity contribution < 1.29 is 14.7 Å². The van der Waals surface area contributed by atoms with Crippen molar-refractivity contribution in [3.63, 3.8) is 0 Å². The fraction of sp³-hybridized carbons (Fsp3) is 0.333. The van der Waals surface area contributed by atoms with E-state index in [1.807, 2.05) is 30.0 Å². The second kappa shape index (κ2) is 8.46. The first-order valence-electron chi connectivity index (χ1n) is 6.64. The number of carboxylic acids is 1. The van der Waals surface area contributed by atoms with Crippen LogP contribution in [0.2, 0.25) is 0 Å². The number of hydrogen-bond acceptors (Lipinski definition) is 3. The van der Waals surface area contributed by atoms with E-state index in [0.29, 0.717) is 6.54 Å². The van der Waals surface area contributed by atoms with Gasteiger partial charge in [-0.3, -0.25) is 4.79 Å². The highest BCUT2D eigenvalue weighted by molar-refractivity contribution is 9.10. The van der Waals surface area contributed by atoms with Crippen molar-refractivity contribution in [3.8, 4) is 0 Å².